The molecule has 0 aromatic carbocycles. The Labute approximate surface area is 130 Å². The maximum Gasteiger partial charge on any atom is 0.248 e. The quantitative estimate of drug-likeness (QED) is 0.537. The number of rotatable bonds is 11. The fourth-order valence-electron chi connectivity index (χ4n) is 2.35. The lowest BCUT2D eigenvalue weighted by molar-refractivity contribution is -0.127. The van der Waals surface area contributed by atoms with Gasteiger partial charge in [-0.15, -0.1) is 0 Å². The molecular formula is C18H31NO2. The SMILES string of the molecule is C=C(C)C(=O)CC[C@@H](CC)CCCN(CC)C(=O)C(=C)C. The summed E-state index contributed by atoms with van der Waals surface area (Å²) in [5.41, 5.74) is 1.24. The Balaban J connectivity index is 4.16. The molecule has 0 aromatic heterocycles. The van der Waals surface area contributed by atoms with Gasteiger partial charge in [-0.25, -0.2) is 0 Å². The predicted octanol–water partition coefficient (Wildman–Crippen LogP) is 4.14. The van der Waals surface area contributed by atoms with Crippen molar-refractivity contribution in [1.29, 1.82) is 0 Å². The monoisotopic (exact) mass is 293 g/mol. The number of likely N-dealkylation sites (N-methyl/N-ethyl adjacent to an activating group) is 1. The highest BCUT2D eigenvalue weighted by molar-refractivity contribution is 5.94. The van der Waals surface area contributed by atoms with E-state index in [0.29, 0.717) is 23.5 Å². The number of hydrogen-bond acceptors (Lipinski definition) is 2. The smallest absolute Gasteiger partial charge is 0.248 e. The van der Waals surface area contributed by atoms with E-state index in [1.165, 1.54) is 0 Å². The minimum atomic E-state index is 0.0445. The lowest BCUT2D eigenvalue weighted by Crippen LogP contribution is -2.32. The molecule has 0 saturated carbocycles. The maximum atomic E-state index is 11.9. The summed E-state index contributed by atoms with van der Waals surface area (Å²) in [6.45, 7) is 16.6. The molecule has 1 amide bonds. The zero-order valence-corrected chi connectivity index (χ0v) is 14.2. The molecular weight excluding hydrogens is 262 g/mol. The summed E-state index contributed by atoms with van der Waals surface area (Å²) < 4.78 is 0. The second-order valence-corrected chi connectivity index (χ2v) is 5.82. The van der Waals surface area contributed by atoms with E-state index in [9.17, 15) is 9.59 Å². The Morgan fingerprint density at radius 3 is 2.10 bits per heavy atom. The van der Waals surface area contributed by atoms with Crippen LogP contribution in [0.2, 0.25) is 0 Å². The van der Waals surface area contributed by atoms with E-state index in [0.717, 1.165) is 38.8 Å². The van der Waals surface area contributed by atoms with E-state index < -0.39 is 0 Å². The first-order chi connectivity index (χ1) is 9.83. The van der Waals surface area contributed by atoms with Gasteiger partial charge in [0.2, 0.25) is 5.91 Å². The Morgan fingerprint density at radius 2 is 1.67 bits per heavy atom. The maximum absolute atomic E-state index is 11.9. The molecule has 0 aromatic rings. The molecule has 120 valence electrons. The molecule has 0 radical (unpaired) electrons. The normalized spacial score (nSPS) is 11.8. The van der Waals surface area contributed by atoms with E-state index >= 15 is 0 Å². The molecule has 3 nitrogen and oxygen atoms in total. The molecule has 3 heteroatoms. The zero-order valence-electron chi connectivity index (χ0n) is 14.2. The number of hydrogen-bond donors (Lipinski definition) is 0. The van der Waals surface area contributed by atoms with Gasteiger partial charge in [0.25, 0.3) is 0 Å². The minimum absolute atomic E-state index is 0.0445. The zero-order chi connectivity index (χ0) is 16.4. The molecule has 0 bridgehead atoms. The van der Waals surface area contributed by atoms with Crippen molar-refractivity contribution < 1.29 is 9.59 Å². The number of carbonyl (C=O) groups excluding carboxylic acids is 2. The molecule has 0 spiro atoms. The van der Waals surface area contributed by atoms with Gasteiger partial charge in [0.15, 0.2) is 5.78 Å². The van der Waals surface area contributed by atoms with Crippen molar-refractivity contribution in [2.45, 2.75) is 59.8 Å². The van der Waals surface area contributed by atoms with Gasteiger partial charge in [0.1, 0.15) is 0 Å². The average molecular weight is 293 g/mol. The largest absolute Gasteiger partial charge is 0.339 e. The van der Waals surface area contributed by atoms with Crippen LogP contribution >= 0.6 is 0 Å². The Kier molecular flexibility index (Phi) is 9.68. The van der Waals surface area contributed by atoms with Crippen LogP contribution in [-0.4, -0.2) is 29.7 Å². The third kappa shape index (κ3) is 7.84. The molecule has 21 heavy (non-hydrogen) atoms. The fourth-order valence-corrected chi connectivity index (χ4v) is 2.35. The molecule has 0 rings (SSSR count). The third-order valence-electron chi connectivity index (χ3n) is 3.91. The van der Waals surface area contributed by atoms with Crippen LogP contribution in [0.25, 0.3) is 0 Å². The first-order valence-electron chi connectivity index (χ1n) is 7.96. The second kappa shape index (κ2) is 10.4. The second-order valence-electron chi connectivity index (χ2n) is 5.82. The highest BCUT2D eigenvalue weighted by atomic mass is 16.2. The summed E-state index contributed by atoms with van der Waals surface area (Å²) in [4.78, 5) is 25.3. The fraction of sp³-hybridized carbons (Fsp3) is 0.667. The topological polar surface area (TPSA) is 37.4 Å². The lowest BCUT2D eigenvalue weighted by atomic mass is 9.93. The van der Waals surface area contributed by atoms with Crippen molar-refractivity contribution in [2.75, 3.05) is 13.1 Å². The molecule has 0 fully saturated rings. The molecule has 0 heterocycles. The van der Waals surface area contributed by atoms with Crippen molar-refractivity contribution in [3.05, 3.63) is 24.3 Å². The van der Waals surface area contributed by atoms with E-state index in [1.54, 1.807) is 13.8 Å². The Morgan fingerprint density at radius 1 is 1.05 bits per heavy atom. The van der Waals surface area contributed by atoms with Gasteiger partial charge in [-0.3, -0.25) is 9.59 Å². The summed E-state index contributed by atoms with van der Waals surface area (Å²) in [6, 6.07) is 0. The third-order valence-corrected chi connectivity index (χ3v) is 3.91. The van der Waals surface area contributed by atoms with Gasteiger partial charge in [-0.2, -0.15) is 0 Å². The van der Waals surface area contributed by atoms with E-state index in [4.69, 9.17) is 0 Å². The van der Waals surface area contributed by atoms with Crippen LogP contribution in [0.4, 0.5) is 0 Å². The average Bonchev–Trinajstić information content (AvgIpc) is 2.45. The minimum Gasteiger partial charge on any atom is -0.339 e. The standard InChI is InChI=1S/C18H31NO2/c1-7-16(11-12-17(20)14(3)4)10-9-13-19(8-2)18(21)15(5)6/h16H,3,5,7-13H2,1-2,4,6H3/t16-/m0/s1. The van der Waals surface area contributed by atoms with Crippen LogP contribution in [0.1, 0.15) is 59.8 Å². The molecule has 0 aliphatic heterocycles. The van der Waals surface area contributed by atoms with E-state index in [-0.39, 0.29) is 11.7 Å². The van der Waals surface area contributed by atoms with Crippen LogP contribution in [-0.2, 0) is 9.59 Å². The van der Waals surface area contributed by atoms with Crippen LogP contribution < -0.4 is 0 Å². The molecule has 0 N–H and O–H groups in total. The summed E-state index contributed by atoms with van der Waals surface area (Å²) in [7, 11) is 0. The summed E-state index contributed by atoms with van der Waals surface area (Å²) in [5.74, 6) is 0.760. The summed E-state index contributed by atoms with van der Waals surface area (Å²) in [6.07, 6.45) is 4.62. The van der Waals surface area contributed by atoms with E-state index in [1.807, 2.05) is 11.8 Å². The first-order valence-corrected chi connectivity index (χ1v) is 7.96. The molecule has 0 unspecified atom stereocenters. The number of carbonyl (C=O) groups is 2. The van der Waals surface area contributed by atoms with Crippen LogP contribution in [0.5, 0.6) is 0 Å². The summed E-state index contributed by atoms with van der Waals surface area (Å²) in [5, 5.41) is 0. The van der Waals surface area contributed by atoms with Crippen molar-refractivity contribution in [3.63, 3.8) is 0 Å². The van der Waals surface area contributed by atoms with Gasteiger partial charge < -0.3 is 4.90 Å². The highest BCUT2D eigenvalue weighted by Gasteiger charge is 2.14. The predicted molar refractivity (Wildman–Crippen MR) is 89.1 cm³/mol. The van der Waals surface area contributed by atoms with Gasteiger partial charge in [0, 0.05) is 25.1 Å². The van der Waals surface area contributed by atoms with Crippen LogP contribution in [0.3, 0.4) is 0 Å². The van der Waals surface area contributed by atoms with Gasteiger partial charge in [0.05, 0.1) is 0 Å². The van der Waals surface area contributed by atoms with Crippen molar-refractivity contribution >= 4 is 11.7 Å². The van der Waals surface area contributed by atoms with Crippen molar-refractivity contribution in [2.24, 2.45) is 5.92 Å². The summed E-state index contributed by atoms with van der Waals surface area (Å²) >= 11 is 0. The Bertz CT molecular complexity index is 385. The molecule has 0 aliphatic carbocycles. The number of amides is 1. The van der Waals surface area contributed by atoms with Gasteiger partial charge in [-0.05, 0) is 51.5 Å². The molecule has 0 aliphatic rings. The van der Waals surface area contributed by atoms with Crippen molar-refractivity contribution in [1.82, 2.24) is 4.90 Å². The van der Waals surface area contributed by atoms with Crippen LogP contribution in [0, 0.1) is 5.92 Å². The van der Waals surface area contributed by atoms with Crippen molar-refractivity contribution in [3.8, 4) is 0 Å². The number of Topliss-reactive ketones (excluding diaryl/α,β-unsaturated/α-hetero) is 1. The number of nitrogens with zero attached hydrogens (tertiary/aromatic N) is 1. The highest BCUT2D eigenvalue weighted by Crippen LogP contribution is 2.19. The molecule has 1 atom stereocenters. The number of allylic oxidation sites excluding steroid dienone is 1. The lowest BCUT2D eigenvalue weighted by Gasteiger charge is -2.22. The van der Waals surface area contributed by atoms with E-state index in [2.05, 4.69) is 20.1 Å². The van der Waals surface area contributed by atoms with Gasteiger partial charge in [-0.1, -0.05) is 26.5 Å². The first kappa shape index (κ1) is 19.6. The molecule has 0 saturated heterocycles. The van der Waals surface area contributed by atoms with Crippen LogP contribution in [0.15, 0.2) is 24.3 Å². The Hall–Kier alpha value is -1.38. The number of ketones is 1. The van der Waals surface area contributed by atoms with Gasteiger partial charge >= 0.3 is 0 Å².